The first-order valence-corrected chi connectivity index (χ1v) is 12.7. The van der Waals surface area contributed by atoms with Crippen LogP contribution in [-0.2, 0) is 9.47 Å². The number of anilines is 1. The lowest BCUT2D eigenvalue weighted by Crippen LogP contribution is -2.25. The molecule has 8 heteroatoms. The summed E-state index contributed by atoms with van der Waals surface area (Å²) in [6.07, 6.45) is -0.645. The van der Waals surface area contributed by atoms with Gasteiger partial charge >= 0.3 is 6.09 Å². The van der Waals surface area contributed by atoms with Crippen LogP contribution in [0.2, 0.25) is 0 Å². The third-order valence-corrected chi connectivity index (χ3v) is 6.66. The van der Waals surface area contributed by atoms with Crippen LogP contribution in [0, 0.1) is 27.7 Å². The maximum Gasteiger partial charge on any atom is 0.417 e. The van der Waals surface area contributed by atoms with Crippen LogP contribution in [0.4, 0.5) is 10.5 Å². The molecule has 4 aromatic rings. The van der Waals surface area contributed by atoms with Crippen molar-refractivity contribution in [3.63, 3.8) is 0 Å². The second-order valence-corrected chi connectivity index (χ2v) is 10.3. The molecule has 1 atom stereocenters. The number of carbonyl (C=O) groups is 1. The highest BCUT2D eigenvalue weighted by atomic mass is 16.7. The van der Waals surface area contributed by atoms with Crippen LogP contribution in [0.25, 0.3) is 22.4 Å². The number of nitrogens with one attached hydrogen (secondary N) is 2. The van der Waals surface area contributed by atoms with Crippen LogP contribution in [0.15, 0.2) is 48.5 Å². The molecule has 1 amide bonds. The number of aromatic nitrogens is 2. The van der Waals surface area contributed by atoms with Crippen molar-refractivity contribution < 1.29 is 23.7 Å². The summed E-state index contributed by atoms with van der Waals surface area (Å²) < 4.78 is 23.0. The van der Waals surface area contributed by atoms with Gasteiger partial charge in [0, 0.05) is 17.3 Å². The number of rotatable bonds is 6. The molecule has 1 aliphatic heterocycles. The summed E-state index contributed by atoms with van der Waals surface area (Å²) in [4.78, 5) is 20.6. The lowest BCUT2D eigenvalue weighted by molar-refractivity contribution is -0.141. The molecular weight excluding hydrogens is 482 g/mol. The highest BCUT2D eigenvalue weighted by Crippen LogP contribution is 2.32. The van der Waals surface area contributed by atoms with E-state index in [1.165, 1.54) is 0 Å². The van der Waals surface area contributed by atoms with E-state index >= 15 is 0 Å². The molecular formula is C30H33N3O5. The second-order valence-electron chi connectivity index (χ2n) is 10.3. The summed E-state index contributed by atoms with van der Waals surface area (Å²) in [5.41, 5.74) is 7.58. The summed E-state index contributed by atoms with van der Waals surface area (Å²) >= 11 is 0. The molecule has 2 heterocycles. The fourth-order valence-corrected chi connectivity index (χ4v) is 4.66. The molecule has 0 unspecified atom stereocenters. The molecule has 8 nitrogen and oxygen atoms in total. The van der Waals surface area contributed by atoms with Crippen LogP contribution < -0.4 is 14.8 Å². The summed E-state index contributed by atoms with van der Waals surface area (Å²) in [6.45, 7) is 12.8. The summed E-state index contributed by atoms with van der Waals surface area (Å²) in [5, 5.41) is 2.78. The Balaban J connectivity index is 1.29. The fourth-order valence-electron chi connectivity index (χ4n) is 4.66. The zero-order valence-electron chi connectivity index (χ0n) is 22.6. The summed E-state index contributed by atoms with van der Waals surface area (Å²) in [6, 6.07) is 15.1. The third-order valence-electron chi connectivity index (χ3n) is 6.66. The van der Waals surface area contributed by atoms with Gasteiger partial charge in [0.25, 0.3) is 0 Å². The minimum atomic E-state index is -0.570. The van der Waals surface area contributed by atoms with Crippen molar-refractivity contribution >= 4 is 22.8 Å². The lowest BCUT2D eigenvalue weighted by atomic mass is 10.0. The minimum absolute atomic E-state index is 0.0971. The van der Waals surface area contributed by atoms with Crippen molar-refractivity contribution in [3.8, 4) is 22.9 Å². The number of H-pyrrole nitrogens is 1. The predicted molar refractivity (Wildman–Crippen MR) is 147 cm³/mol. The number of aryl methyl sites for hydroxylation is 4. The first-order valence-electron chi connectivity index (χ1n) is 12.7. The Labute approximate surface area is 222 Å². The van der Waals surface area contributed by atoms with Crippen LogP contribution in [-0.4, -0.2) is 41.2 Å². The third kappa shape index (κ3) is 5.66. The van der Waals surface area contributed by atoms with Gasteiger partial charge in [-0.3, -0.25) is 5.32 Å². The highest BCUT2D eigenvalue weighted by molar-refractivity contribution is 5.88. The Kier molecular flexibility index (Phi) is 6.86. The van der Waals surface area contributed by atoms with Gasteiger partial charge in [-0.2, -0.15) is 0 Å². The van der Waals surface area contributed by atoms with Crippen LogP contribution in [0.5, 0.6) is 11.5 Å². The molecule has 1 aromatic heterocycles. The van der Waals surface area contributed by atoms with Gasteiger partial charge in [0.05, 0.1) is 17.6 Å². The molecule has 0 saturated carbocycles. The summed E-state index contributed by atoms with van der Waals surface area (Å²) in [5.74, 6) is 1.37. The molecule has 5 rings (SSSR count). The zero-order valence-corrected chi connectivity index (χ0v) is 22.6. The second kappa shape index (κ2) is 10.1. The van der Waals surface area contributed by atoms with E-state index in [2.05, 4.69) is 10.3 Å². The van der Waals surface area contributed by atoms with Crippen molar-refractivity contribution in [3.05, 3.63) is 70.8 Å². The van der Waals surface area contributed by atoms with Gasteiger partial charge in [0.15, 0.2) is 5.79 Å². The first kappa shape index (κ1) is 25.8. The highest BCUT2D eigenvalue weighted by Gasteiger charge is 2.33. The molecule has 1 fully saturated rings. The maximum absolute atomic E-state index is 12.4. The Morgan fingerprint density at radius 3 is 2.45 bits per heavy atom. The van der Waals surface area contributed by atoms with Gasteiger partial charge in [0.1, 0.15) is 30.0 Å². The van der Waals surface area contributed by atoms with Gasteiger partial charge in [-0.25, -0.2) is 9.78 Å². The van der Waals surface area contributed by atoms with Crippen molar-refractivity contribution in [1.82, 2.24) is 9.97 Å². The zero-order chi connectivity index (χ0) is 27.0. The van der Waals surface area contributed by atoms with Gasteiger partial charge in [-0.05, 0) is 100 Å². The number of amides is 1. The fraction of sp³-hybridized carbons (Fsp3) is 0.333. The predicted octanol–water partition coefficient (Wildman–Crippen LogP) is 6.60. The van der Waals surface area contributed by atoms with E-state index in [9.17, 15) is 4.79 Å². The van der Waals surface area contributed by atoms with Crippen LogP contribution in [0.3, 0.4) is 0 Å². The number of hydrogen-bond donors (Lipinski definition) is 2. The van der Waals surface area contributed by atoms with Crippen LogP contribution in [0.1, 0.15) is 36.1 Å². The van der Waals surface area contributed by atoms with Gasteiger partial charge < -0.3 is 23.9 Å². The number of carbonyl (C=O) groups excluding carboxylic acids is 1. The Morgan fingerprint density at radius 1 is 1.00 bits per heavy atom. The number of fused-ring (bicyclic) bond motifs is 1. The summed E-state index contributed by atoms with van der Waals surface area (Å²) in [7, 11) is 0. The van der Waals surface area contributed by atoms with E-state index in [4.69, 9.17) is 23.9 Å². The van der Waals surface area contributed by atoms with Gasteiger partial charge in [0.2, 0.25) is 0 Å². The number of aromatic amines is 1. The van der Waals surface area contributed by atoms with E-state index in [0.717, 1.165) is 50.4 Å². The standard InChI is InChI=1S/C30H33N3O5/c1-17-7-8-21(11-18(17)2)31-29(34)37-22-9-10-25-26(14-22)33-28(32-25)27-19(3)12-23(13-20(27)4)35-15-24-16-36-30(5,6)38-24/h7-14,24H,15-16H2,1-6H3,(H,31,34)(H,32,33)/t24-/m0/s1. The normalized spacial score (nSPS) is 16.5. The largest absolute Gasteiger partial charge is 0.491 e. The first-order chi connectivity index (χ1) is 18.1. The smallest absolute Gasteiger partial charge is 0.417 e. The number of imidazole rings is 1. The molecule has 1 saturated heterocycles. The molecule has 198 valence electrons. The molecule has 0 radical (unpaired) electrons. The SMILES string of the molecule is Cc1ccc(NC(=O)Oc2ccc3nc(-c4c(C)cc(OC[C@H]5COC(C)(C)O5)cc4C)[nH]c3c2)cc1C. The molecule has 2 N–H and O–H groups in total. The lowest BCUT2D eigenvalue weighted by Gasteiger charge is -2.18. The molecule has 1 aliphatic rings. The van der Waals surface area contributed by atoms with Crippen molar-refractivity contribution in [2.45, 2.75) is 53.4 Å². The number of hydrogen-bond acceptors (Lipinski definition) is 6. The van der Waals surface area contributed by atoms with E-state index < -0.39 is 11.9 Å². The van der Waals surface area contributed by atoms with Crippen molar-refractivity contribution in [2.75, 3.05) is 18.5 Å². The molecule has 0 aliphatic carbocycles. The minimum Gasteiger partial charge on any atom is -0.491 e. The van der Waals surface area contributed by atoms with Crippen LogP contribution >= 0.6 is 0 Å². The molecule has 38 heavy (non-hydrogen) atoms. The topological polar surface area (TPSA) is 94.7 Å². The number of benzene rings is 3. The Hall–Kier alpha value is -3.88. The maximum atomic E-state index is 12.4. The van der Waals surface area contributed by atoms with E-state index in [-0.39, 0.29) is 6.10 Å². The average Bonchev–Trinajstić information content (AvgIpc) is 3.41. The van der Waals surface area contributed by atoms with E-state index in [1.807, 2.05) is 77.9 Å². The van der Waals surface area contributed by atoms with Crippen molar-refractivity contribution in [2.24, 2.45) is 0 Å². The van der Waals surface area contributed by atoms with E-state index in [1.54, 1.807) is 12.1 Å². The Morgan fingerprint density at radius 2 is 1.76 bits per heavy atom. The number of ether oxygens (including phenoxy) is 4. The molecule has 3 aromatic carbocycles. The Bertz CT molecular complexity index is 1480. The quantitative estimate of drug-likeness (QED) is 0.300. The number of nitrogens with zero attached hydrogens (tertiary/aromatic N) is 1. The monoisotopic (exact) mass is 515 g/mol. The molecule has 0 bridgehead atoms. The molecule has 0 spiro atoms. The van der Waals surface area contributed by atoms with Gasteiger partial charge in [-0.1, -0.05) is 6.07 Å². The van der Waals surface area contributed by atoms with Crippen molar-refractivity contribution in [1.29, 1.82) is 0 Å². The average molecular weight is 516 g/mol. The van der Waals surface area contributed by atoms with Gasteiger partial charge in [-0.15, -0.1) is 0 Å². The van der Waals surface area contributed by atoms with E-state index in [0.29, 0.717) is 24.7 Å².